The summed E-state index contributed by atoms with van der Waals surface area (Å²) in [6.45, 7) is 0. The van der Waals surface area contributed by atoms with E-state index in [0.717, 1.165) is 0 Å². The van der Waals surface area contributed by atoms with E-state index in [1.165, 1.54) is 0 Å². The van der Waals surface area contributed by atoms with Gasteiger partial charge in [-0.2, -0.15) is 0 Å². The van der Waals surface area contributed by atoms with Crippen molar-refractivity contribution in [3.05, 3.63) is 30.3 Å². The highest BCUT2D eigenvalue weighted by atomic mass is 35.6. The van der Waals surface area contributed by atoms with Crippen LogP contribution in [0, 0.1) is 0 Å². The summed E-state index contributed by atoms with van der Waals surface area (Å²) in [5, 5.41) is 2.67. The molecule has 0 aliphatic heterocycles. The molecule has 0 fully saturated rings. The first kappa shape index (κ1) is 13.5. The van der Waals surface area contributed by atoms with E-state index in [9.17, 15) is 4.57 Å². The number of para-hydroxylation sites is 1. The van der Waals surface area contributed by atoms with Gasteiger partial charge in [-0.3, -0.25) is 4.57 Å². The topological polar surface area (TPSA) is 29.1 Å². The second kappa shape index (κ2) is 5.16. The maximum atomic E-state index is 12.1. The van der Waals surface area contributed by atoms with Crippen molar-refractivity contribution in [1.82, 2.24) is 0 Å². The van der Waals surface area contributed by atoms with Crippen molar-refractivity contribution in [2.45, 2.75) is 3.53 Å². The molecule has 0 spiro atoms. The number of benzene rings is 1. The normalized spacial score (nSPS) is 15.7. The van der Waals surface area contributed by atoms with Crippen molar-refractivity contribution in [1.29, 1.82) is 0 Å². The molecule has 0 amide bonds. The van der Waals surface area contributed by atoms with Crippen LogP contribution in [0.5, 0.6) is 0 Å². The van der Waals surface area contributed by atoms with E-state index in [2.05, 4.69) is 5.09 Å². The highest BCUT2D eigenvalue weighted by Crippen LogP contribution is 2.64. The van der Waals surface area contributed by atoms with Gasteiger partial charge < -0.3 is 5.09 Å². The number of hydrogen-bond donors (Lipinski definition) is 1. The molecule has 1 aromatic rings. The molecule has 0 bridgehead atoms. The van der Waals surface area contributed by atoms with Gasteiger partial charge in [-0.1, -0.05) is 53.0 Å². The SMILES string of the molecule is O=[P@@](CCl)(Nc1ccccc1)C(Cl)(Cl)Cl. The lowest BCUT2D eigenvalue weighted by Gasteiger charge is -2.24. The Bertz CT molecular complexity index is 365. The molecule has 1 aromatic carbocycles. The molecule has 15 heavy (non-hydrogen) atoms. The molecular weight excluding hydrogens is 299 g/mol. The van der Waals surface area contributed by atoms with Gasteiger partial charge in [0, 0.05) is 5.69 Å². The van der Waals surface area contributed by atoms with Gasteiger partial charge >= 0.3 is 0 Å². The summed E-state index contributed by atoms with van der Waals surface area (Å²) < 4.78 is 10.2. The van der Waals surface area contributed by atoms with E-state index < -0.39 is 10.8 Å². The minimum absolute atomic E-state index is 0.252. The Kier molecular flexibility index (Phi) is 4.64. The Labute approximate surface area is 108 Å². The van der Waals surface area contributed by atoms with Crippen molar-refractivity contribution in [3.63, 3.8) is 0 Å². The predicted molar refractivity (Wildman–Crippen MR) is 68.7 cm³/mol. The average molecular weight is 307 g/mol. The molecule has 2 nitrogen and oxygen atoms in total. The standard InChI is InChI=1S/C8H8Cl4NOP/c9-6-15(14,8(10,11)12)13-7-4-2-1-3-5-7/h1-5H,6H2,(H,13,14)/t15-/m1/s1. The molecule has 0 radical (unpaired) electrons. The third-order valence-electron chi connectivity index (χ3n) is 1.66. The molecule has 7 heteroatoms. The maximum Gasteiger partial charge on any atom is 0.261 e. The van der Waals surface area contributed by atoms with Crippen molar-refractivity contribution in [2.75, 3.05) is 10.7 Å². The lowest BCUT2D eigenvalue weighted by Crippen LogP contribution is -2.12. The first-order valence-electron chi connectivity index (χ1n) is 3.94. The second-order valence-corrected chi connectivity index (χ2v) is 9.21. The van der Waals surface area contributed by atoms with Crippen LogP contribution in [0.4, 0.5) is 5.69 Å². The number of halogens is 4. The quantitative estimate of drug-likeness (QED) is 0.635. The fourth-order valence-corrected chi connectivity index (χ4v) is 3.96. The van der Waals surface area contributed by atoms with E-state index in [4.69, 9.17) is 46.4 Å². The molecule has 0 aliphatic carbocycles. The van der Waals surface area contributed by atoms with Crippen molar-refractivity contribution in [2.24, 2.45) is 0 Å². The molecule has 0 unspecified atom stereocenters. The summed E-state index contributed by atoms with van der Waals surface area (Å²) in [6, 6.07) is 8.82. The summed E-state index contributed by atoms with van der Waals surface area (Å²) in [4.78, 5) is 0. The van der Waals surface area contributed by atoms with Gasteiger partial charge in [0.1, 0.15) is 0 Å². The monoisotopic (exact) mass is 305 g/mol. The highest BCUT2D eigenvalue weighted by molar-refractivity contribution is 7.74. The smallest absolute Gasteiger partial charge is 0.261 e. The van der Waals surface area contributed by atoms with Gasteiger partial charge in [0.15, 0.2) is 0 Å². The molecule has 0 saturated carbocycles. The third kappa shape index (κ3) is 3.44. The van der Waals surface area contributed by atoms with E-state index in [1.807, 2.05) is 6.07 Å². The van der Waals surface area contributed by atoms with Gasteiger partial charge in [-0.15, -0.1) is 11.6 Å². The van der Waals surface area contributed by atoms with E-state index in [0.29, 0.717) is 5.69 Å². The molecule has 1 N–H and O–H groups in total. The summed E-state index contributed by atoms with van der Waals surface area (Å²) >= 11 is 22.4. The van der Waals surface area contributed by atoms with Crippen LogP contribution >= 0.6 is 53.7 Å². The van der Waals surface area contributed by atoms with Crippen LogP contribution < -0.4 is 5.09 Å². The number of hydrogen-bond acceptors (Lipinski definition) is 1. The van der Waals surface area contributed by atoms with Crippen LogP contribution in [0.15, 0.2) is 30.3 Å². The lowest BCUT2D eigenvalue weighted by atomic mass is 10.3. The van der Waals surface area contributed by atoms with Crippen molar-refractivity contribution in [3.8, 4) is 0 Å². The van der Waals surface area contributed by atoms with Crippen LogP contribution in [-0.2, 0) is 4.57 Å². The minimum atomic E-state index is -3.29. The summed E-state index contributed by atoms with van der Waals surface area (Å²) in [6.07, 6.45) is 0. The van der Waals surface area contributed by atoms with Gasteiger partial charge in [0.25, 0.3) is 3.53 Å². The summed E-state index contributed by atoms with van der Waals surface area (Å²) in [5.41, 5.74) is 0.353. The molecular formula is C8H8Cl4NOP. The highest BCUT2D eigenvalue weighted by Gasteiger charge is 2.43. The Morgan fingerprint density at radius 3 is 2.13 bits per heavy atom. The Morgan fingerprint density at radius 2 is 1.73 bits per heavy atom. The first-order valence-corrected chi connectivity index (χ1v) is 7.50. The molecule has 1 rings (SSSR count). The van der Waals surface area contributed by atoms with Gasteiger partial charge in [0.05, 0.1) is 5.62 Å². The average Bonchev–Trinajstić information content (AvgIpc) is 2.17. The fourth-order valence-electron chi connectivity index (χ4n) is 0.882. The van der Waals surface area contributed by atoms with E-state index >= 15 is 0 Å². The predicted octanol–water partition coefficient (Wildman–Crippen LogP) is 4.90. The largest absolute Gasteiger partial charge is 0.332 e. The molecule has 84 valence electrons. The van der Waals surface area contributed by atoms with Crippen LogP contribution in [0.2, 0.25) is 0 Å². The fraction of sp³-hybridized carbons (Fsp3) is 0.250. The van der Waals surface area contributed by atoms with Crippen molar-refractivity contribution < 1.29 is 4.57 Å². The Balaban J connectivity index is 2.93. The Morgan fingerprint density at radius 1 is 1.20 bits per heavy atom. The van der Waals surface area contributed by atoms with Crippen LogP contribution in [0.3, 0.4) is 0 Å². The van der Waals surface area contributed by atoms with E-state index in [1.54, 1.807) is 24.3 Å². The second-order valence-electron chi connectivity index (χ2n) is 2.80. The molecule has 1 atom stereocenters. The zero-order chi connectivity index (χ0) is 11.5. The molecule has 0 heterocycles. The molecule has 0 aliphatic rings. The first-order chi connectivity index (χ1) is 6.89. The molecule has 0 saturated heterocycles. The third-order valence-corrected chi connectivity index (χ3v) is 6.90. The van der Waals surface area contributed by atoms with E-state index in [-0.39, 0.29) is 5.62 Å². The minimum Gasteiger partial charge on any atom is -0.332 e. The lowest BCUT2D eigenvalue weighted by molar-refractivity contribution is 0.581. The number of nitrogens with one attached hydrogen (secondary N) is 1. The van der Waals surface area contributed by atoms with Gasteiger partial charge in [-0.05, 0) is 12.1 Å². The van der Waals surface area contributed by atoms with Crippen LogP contribution in [0.1, 0.15) is 0 Å². The zero-order valence-corrected chi connectivity index (χ0v) is 11.4. The maximum absolute atomic E-state index is 12.1. The molecule has 0 aromatic heterocycles. The summed E-state index contributed by atoms with van der Waals surface area (Å²) in [5.74, 6) is 0. The van der Waals surface area contributed by atoms with Crippen LogP contribution in [-0.4, -0.2) is 9.15 Å². The number of anilines is 1. The summed E-state index contributed by atoms with van der Waals surface area (Å²) in [7, 11) is -3.29. The number of alkyl halides is 4. The number of rotatable bonds is 3. The zero-order valence-electron chi connectivity index (χ0n) is 7.46. The van der Waals surface area contributed by atoms with Crippen LogP contribution in [0.25, 0.3) is 0 Å². The van der Waals surface area contributed by atoms with Crippen molar-refractivity contribution >= 4 is 59.4 Å². The van der Waals surface area contributed by atoms with Gasteiger partial charge in [-0.25, -0.2) is 0 Å². The Hall–Kier alpha value is 0.410. The van der Waals surface area contributed by atoms with Gasteiger partial charge in [0.2, 0.25) is 7.29 Å².